The summed E-state index contributed by atoms with van der Waals surface area (Å²) in [6.45, 7) is 9.46. The van der Waals surface area contributed by atoms with Gasteiger partial charge in [-0.05, 0) is 40.9 Å². The van der Waals surface area contributed by atoms with Gasteiger partial charge in [0.05, 0.1) is 0 Å². The van der Waals surface area contributed by atoms with Crippen molar-refractivity contribution in [1.82, 2.24) is 0 Å². The summed E-state index contributed by atoms with van der Waals surface area (Å²) in [5.74, 6) is 2.97. The largest absolute Gasteiger partial charge is 0.0617 e. The quantitative estimate of drug-likeness (QED) is 0.576. The molecule has 0 N–H and O–H groups in total. The molecule has 0 nitrogen and oxygen atoms in total. The number of hydrogen-bond acceptors (Lipinski definition) is 0. The van der Waals surface area contributed by atoms with Gasteiger partial charge in [0.15, 0.2) is 0 Å². The van der Waals surface area contributed by atoms with Gasteiger partial charge in [-0.15, -0.1) is 0 Å². The molecule has 1 aliphatic rings. The molecule has 2 rings (SSSR count). The van der Waals surface area contributed by atoms with Crippen LogP contribution in [0.15, 0.2) is 18.2 Å². The van der Waals surface area contributed by atoms with E-state index in [2.05, 4.69) is 45.9 Å². The average molecular weight is 187 g/mol. The third-order valence-electron chi connectivity index (χ3n) is 4.32. The number of rotatable bonds is 0. The third kappa shape index (κ3) is 1.28. The van der Waals surface area contributed by atoms with E-state index >= 15 is 0 Å². The van der Waals surface area contributed by atoms with Crippen LogP contribution in [-0.2, 0) is 0 Å². The van der Waals surface area contributed by atoms with Crippen molar-refractivity contribution in [2.45, 2.75) is 39.5 Å². The topological polar surface area (TPSA) is 0 Å². The Bertz CT molecular complexity index is 294. The van der Waals surface area contributed by atoms with Crippen LogP contribution in [0, 0.1) is 17.9 Å². The first-order chi connectivity index (χ1) is 6.63. The van der Waals surface area contributed by atoms with Gasteiger partial charge in [0.1, 0.15) is 0 Å². The molecule has 1 radical (unpaired) electrons. The summed E-state index contributed by atoms with van der Waals surface area (Å²) < 4.78 is 0. The normalized spacial score (nSPS) is 36.6. The van der Waals surface area contributed by atoms with Crippen LogP contribution >= 0.6 is 0 Å². The van der Waals surface area contributed by atoms with Gasteiger partial charge in [-0.2, -0.15) is 0 Å². The fourth-order valence-corrected chi connectivity index (χ4v) is 2.74. The van der Waals surface area contributed by atoms with E-state index in [4.69, 9.17) is 0 Å². The molecule has 0 heterocycles. The molecule has 75 valence electrons. The van der Waals surface area contributed by atoms with E-state index in [-0.39, 0.29) is 0 Å². The lowest BCUT2D eigenvalue weighted by Crippen LogP contribution is -2.27. The van der Waals surface area contributed by atoms with Crippen LogP contribution in [0.4, 0.5) is 0 Å². The summed E-state index contributed by atoms with van der Waals surface area (Å²) in [6.07, 6.45) is 0. The fourth-order valence-electron chi connectivity index (χ4n) is 2.74. The highest BCUT2D eigenvalue weighted by molar-refractivity contribution is 5.35. The number of benzene rings is 1. The van der Waals surface area contributed by atoms with E-state index in [9.17, 15) is 0 Å². The lowest BCUT2D eigenvalue weighted by molar-refractivity contribution is 0.273. The van der Waals surface area contributed by atoms with Crippen LogP contribution in [0.25, 0.3) is 0 Å². The van der Waals surface area contributed by atoms with E-state index < -0.39 is 0 Å². The van der Waals surface area contributed by atoms with Gasteiger partial charge in [-0.3, -0.25) is 0 Å². The second-order valence-corrected chi connectivity index (χ2v) is 4.85. The standard InChI is InChI=1S/C14H19/c1-9-10(2)12(4)14-8-6-5-7-13(14)11(9)3/h5,7-12H,1-4H3. The third-order valence-corrected chi connectivity index (χ3v) is 4.32. The Labute approximate surface area is 87.3 Å². The van der Waals surface area contributed by atoms with Crippen LogP contribution in [0.1, 0.15) is 50.7 Å². The molecule has 0 spiro atoms. The van der Waals surface area contributed by atoms with E-state index in [1.807, 2.05) is 6.07 Å². The van der Waals surface area contributed by atoms with Crippen molar-refractivity contribution >= 4 is 0 Å². The Kier molecular flexibility index (Phi) is 2.38. The molecule has 0 saturated heterocycles. The van der Waals surface area contributed by atoms with E-state index in [1.54, 1.807) is 5.56 Å². The van der Waals surface area contributed by atoms with Gasteiger partial charge in [0, 0.05) is 0 Å². The first-order valence-electron chi connectivity index (χ1n) is 5.62. The maximum absolute atomic E-state index is 3.21. The highest BCUT2D eigenvalue weighted by Crippen LogP contribution is 2.45. The molecular weight excluding hydrogens is 168 g/mol. The molecular formula is C14H19. The highest BCUT2D eigenvalue weighted by atomic mass is 14.4. The molecule has 0 bridgehead atoms. The van der Waals surface area contributed by atoms with Crippen molar-refractivity contribution < 1.29 is 0 Å². The molecule has 0 aliphatic heterocycles. The zero-order valence-corrected chi connectivity index (χ0v) is 9.54. The summed E-state index contributed by atoms with van der Waals surface area (Å²) in [4.78, 5) is 0. The Morgan fingerprint density at radius 1 is 0.929 bits per heavy atom. The molecule has 1 aliphatic carbocycles. The second-order valence-electron chi connectivity index (χ2n) is 4.85. The number of fused-ring (bicyclic) bond motifs is 1. The molecule has 0 saturated carbocycles. The average Bonchev–Trinajstić information content (AvgIpc) is 2.23. The van der Waals surface area contributed by atoms with Gasteiger partial charge < -0.3 is 0 Å². The Morgan fingerprint density at radius 2 is 1.50 bits per heavy atom. The SMILES string of the molecule is CC1c2c[c]ccc2C(C)C(C)C1C. The van der Waals surface area contributed by atoms with Crippen molar-refractivity contribution in [3.63, 3.8) is 0 Å². The number of hydrogen-bond donors (Lipinski definition) is 0. The van der Waals surface area contributed by atoms with Crippen molar-refractivity contribution in [3.8, 4) is 0 Å². The molecule has 14 heavy (non-hydrogen) atoms. The summed E-state index contributed by atoms with van der Waals surface area (Å²) in [7, 11) is 0. The van der Waals surface area contributed by atoms with E-state index in [0.717, 1.165) is 11.8 Å². The van der Waals surface area contributed by atoms with Gasteiger partial charge in [0.2, 0.25) is 0 Å². The Balaban J connectivity index is 2.51. The Morgan fingerprint density at radius 3 is 2.14 bits per heavy atom. The predicted molar refractivity (Wildman–Crippen MR) is 60.4 cm³/mol. The summed E-state index contributed by atoms with van der Waals surface area (Å²) in [5, 5.41) is 0. The van der Waals surface area contributed by atoms with Crippen LogP contribution < -0.4 is 0 Å². The molecule has 4 atom stereocenters. The van der Waals surface area contributed by atoms with Crippen LogP contribution in [0.5, 0.6) is 0 Å². The highest BCUT2D eigenvalue weighted by Gasteiger charge is 2.32. The summed E-state index contributed by atoms with van der Waals surface area (Å²) in [5.41, 5.74) is 3.06. The van der Waals surface area contributed by atoms with Crippen molar-refractivity contribution in [2.75, 3.05) is 0 Å². The second kappa shape index (κ2) is 3.42. The van der Waals surface area contributed by atoms with Crippen molar-refractivity contribution in [2.24, 2.45) is 11.8 Å². The minimum absolute atomic E-state index is 0.689. The summed E-state index contributed by atoms with van der Waals surface area (Å²) in [6, 6.07) is 9.68. The molecule has 0 fully saturated rings. The monoisotopic (exact) mass is 187 g/mol. The molecule has 0 aromatic heterocycles. The Hall–Kier alpha value is -0.780. The molecule has 1 aromatic rings. The first kappa shape index (κ1) is 9.76. The molecule has 1 aromatic carbocycles. The van der Waals surface area contributed by atoms with Crippen molar-refractivity contribution in [1.29, 1.82) is 0 Å². The maximum Gasteiger partial charge on any atom is -0.0159 e. The van der Waals surface area contributed by atoms with Gasteiger partial charge in [0.25, 0.3) is 0 Å². The summed E-state index contributed by atoms with van der Waals surface area (Å²) >= 11 is 0. The lowest BCUT2D eigenvalue weighted by atomic mass is 9.66. The van der Waals surface area contributed by atoms with Crippen LogP contribution in [0.3, 0.4) is 0 Å². The van der Waals surface area contributed by atoms with Gasteiger partial charge in [-0.25, -0.2) is 0 Å². The molecule has 4 unspecified atom stereocenters. The van der Waals surface area contributed by atoms with Crippen LogP contribution in [-0.4, -0.2) is 0 Å². The zero-order valence-electron chi connectivity index (χ0n) is 9.54. The van der Waals surface area contributed by atoms with Crippen LogP contribution in [0.2, 0.25) is 0 Å². The fraction of sp³-hybridized carbons (Fsp3) is 0.571. The van der Waals surface area contributed by atoms with Gasteiger partial charge >= 0.3 is 0 Å². The first-order valence-corrected chi connectivity index (χ1v) is 5.62. The van der Waals surface area contributed by atoms with E-state index in [1.165, 1.54) is 5.56 Å². The molecule has 0 amide bonds. The van der Waals surface area contributed by atoms with Crippen molar-refractivity contribution in [3.05, 3.63) is 35.4 Å². The predicted octanol–water partition coefficient (Wildman–Crippen LogP) is 3.98. The minimum Gasteiger partial charge on any atom is -0.0617 e. The minimum atomic E-state index is 0.689. The molecule has 0 heteroatoms. The smallest absolute Gasteiger partial charge is 0.0159 e. The van der Waals surface area contributed by atoms with Gasteiger partial charge in [-0.1, -0.05) is 45.9 Å². The van der Waals surface area contributed by atoms with E-state index in [0.29, 0.717) is 11.8 Å². The zero-order chi connectivity index (χ0) is 10.3. The maximum atomic E-state index is 3.21. The lowest BCUT2D eigenvalue weighted by Gasteiger charge is -2.38.